The minimum atomic E-state index is -0.354. The van der Waals surface area contributed by atoms with Crippen LogP contribution in [-0.4, -0.2) is 29.5 Å². The second kappa shape index (κ2) is 4.69. The second-order valence-corrected chi connectivity index (χ2v) is 5.39. The predicted octanol–water partition coefficient (Wildman–Crippen LogP) is 2.18. The molecule has 4 heterocycles. The molecular weight excluding hydrogens is 304 g/mol. The van der Waals surface area contributed by atoms with Crippen LogP contribution in [0.4, 0.5) is 0 Å². The number of nitrogens with zero attached hydrogens (tertiary/aromatic N) is 5. The Labute approximate surface area is 134 Å². The number of hydrogen-bond acceptors (Lipinski definition) is 5. The van der Waals surface area contributed by atoms with Crippen LogP contribution in [-0.2, 0) is 0 Å². The largest absolute Gasteiger partial charge is 0.349 e. The summed E-state index contributed by atoms with van der Waals surface area (Å²) in [5, 5.41) is 8.18. The van der Waals surface area contributed by atoms with Gasteiger partial charge in [-0.2, -0.15) is 4.98 Å². The van der Waals surface area contributed by atoms with Crippen molar-refractivity contribution in [2.24, 2.45) is 0 Å². The van der Waals surface area contributed by atoms with Gasteiger partial charge in [-0.25, -0.2) is 24.3 Å². The minimum absolute atomic E-state index is 0.274. The van der Waals surface area contributed by atoms with Gasteiger partial charge in [0.1, 0.15) is 0 Å². The standard InChI is InChI=1S/C17H10N6O/c24-17-22-21-16-20-15-11(5-3-9-18-15)14(23(16)17)13-8-7-10-4-1-2-6-12(10)19-13/h1-9H,(H,22,24). The summed E-state index contributed by atoms with van der Waals surface area (Å²) in [4.78, 5) is 25.6. The SMILES string of the molecule is O=c1[nH]nc2nc3ncccc3c(-c3ccc4ccccc4n3)n12. The maximum Gasteiger partial charge on any atom is 0.349 e. The number of aromatic amines is 1. The van der Waals surface area contributed by atoms with Crippen LogP contribution in [0.2, 0.25) is 0 Å². The van der Waals surface area contributed by atoms with Crippen LogP contribution in [0, 0.1) is 0 Å². The number of aromatic nitrogens is 6. The van der Waals surface area contributed by atoms with E-state index in [1.165, 1.54) is 4.40 Å². The summed E-state index contributed by atoms with van der Waals surface area (Å²) in [6.07, 6.45) is 1.66. The van der Waals surface area contributed by atoms with E-state index >= 15 is 0 Å². The smallest absolute Gasteiger partial charge is 0.246 e. The second-order valence-electron chi connectivity index (χ2n) is 5.39. The minimum Gasteiger partial charge on any atom is -0.246 e. The molecule has 0 amide bonds. The molecule has 0 saturated carbocycles. The van der Waals surface area contributed by atoms with E-state index < -0.39 is 0 Å². The number of para-hydroxylation sites is 1. The third kappa shape index (κ3) is 1.75. The number of benzene rings is 1. The van der Waals surface area contributed by atoms with Crippen LogP contribution < -0.4 is 5.69 Å². The molecule has 0 unspecified atom stereocenters. The van der Waals surface area contributed by atoms with E-state index in [1.54, 1.807) is 6.20 Å². The molecule has 0 spiro atoms. The lowest BCUT2D eigenvalue weighted by Gasteiger charge is -2.08. The number of rotatable bonds is 1. The van der Waals surface area contributed by atoms with Crippen LogP contribution in [0.3, 0.4) is 0 Å². The zero-order valence-corrected chi connectivity index (χ0v) is 12.3. The van der Waals surface area contributed by atoms with E-state index in [9.17, 15) is 4.79 Å². The molecule has 4 aromatic heterocycles. The quantitative estimate of drug-likeness (QED) is 0.512. The Balaban J connectivity index is 1.98. The topological polar surface area (TPSA) is 88.8 Å². The van der Waals surface area contributed by atoms with Crippen molar-refractivity contribution in [1.82, 2.24) is 29.5 Å². The van der Waals surface area contributed by atoms with Crippen LogP contribution in [0.25, 0.3) is 39.1 Å². The van der Waals surface area contributed by atoms with E-state index in [1.807, 2.05) is 48.5 Å². The van der Waals surface area contributed by atoms with Crippen LogP contribution in [0.1, 0.15) is 0 Å². The summed E-state index contributed by atoms with van der Waals surface area (Å²) < 4.78 is 1.43. The molecule has 0 fully saturated rings. The van der Waals surface area contributed by atoms with Crippen molar-refractivity contribution in [3.8, 4) is 11.4 Å². The summed E-state index contributed by atoms with van der Waals surface area (Å²) >= 11 is 0. The van der Waals surface area contributed by atoms with E-state index in [4.69, 9.17) is 4.98 Å². The average Bonchev–Trinajstić information content (AvgIpc) is 3.00. The van der Waals surface area contributed by atoms with Gasteiger partial charge in [0.25, 0.3) is 5.78 Å². The normalized spacial score (nSPS) is 11.5. The van der Waals surface area contributed by atoms with Crippen LogP contribution in [0.15, 0.2) is 59.5 Å². The molecule has 5 rings (SSSR count). The van der Waals surface area contributed by atoms with Gasteiger partial charge in [-0.05, 0) is 24.3 Å². The number of hydrogen-bond donors (Lipinski definition) is 1. The van der Waals surface area contributed by atoms with Crippen molar-refractivity contribution in [2.75, 3.05) is 0 Å². The first-order chi connectivity index (χ1) is 11.8. The fraction of sp³-hybridized carbons (Fsp3) is 0. The van der Waals surface area contributed by atoms with Crippen molar-refractivity contribution in [3.63, 3.8) is 0 Å². The summed E-state index contributed by atoms with van der Waals surface area (Å²) in [5.41, 5.74) is 2.32. The first-order valence-electron chi connectivity index (χ1n) is 7.39. The summed E-state index contributed by atoms with van der Waals surface area (Å²) in [5.74, 6) is 0.274. The Hall–Kier alpha value is -3.61. The number of H-pyrrole nitrogens is 1. The molecule has 7 nitrogen and oxygen atoms in total. The highest BCUT2D eigenvalue weighted by Crippen LogP contribution is 2.26. The molecular formula is C17H10N6O. The van der Waals surface area contributed by atoms with Gasteiger partial charge in [0.05, 0.1) is 16.9 Å². The lowest BCUT2D eigenvalue weighted by Crippen LogP contribution is -2.13. The number of pyridine rings is 2. The van der Waals surface area contributed by atoms with Gasteiger partial charge in [0.15, 0.2) is 5.65 Å². The molecule has 114 valence electrons. The highest BCUT2D eigenvalue weighted by Gasteiger charge is 2.16. The zero-order valence-electron chi connectivity index (χ0n) is 12.3. The Kier molecular flexibility index (Phi) is 2.52. The fourth-order valence-electron chi connectivity index (χ4n) is 2.90. The van der Waals surface area contributed by atoms with Gasteiger partial charge in [-0.15, -0.1) is 5.10 Å². The fourth-order valence-corrected chi connectivity index (χ4v) is 2.90. The lowest BCUT2D eigenvalue weighted by molar-refractivity contribution is 1.03. The van der Waals surface area contributed by atoms with Crippen molar-refractivity contribution < 1.29 is 0 Å². The number of nitrogens with one attached hydrogen (secondary N) is 1. The maximum atomic E-state index is 12.2. The van der Waals surface area contributed by atoms with Gasteiger partial charge >= 0.3 is 5.69 Å². The number of fused-ring (bicyclic) bond motifs is 3. The highest BCUT2D eigenvalue weighted by molar-refractivity contribution is 5.92. The third-order valence-electron chi connectivity index (χ3n) is 3.97. The maximum absolute atomic E-state index is 12.2. The molecule has 0 saturated heterocycles. The lowest BCUT2D eigenvalue weighted by atomic mass is 10.1. The highest BCUT2D eigenvalue weighted by atomic mass is 16.1. The Morgan fingerprint density at radius 2 is 1.88 bits per heavy atom. The summed E-state index contributed by atoms with van der Waals surface area (Å²) in [6.45, 7) is 0. The molecule has 24 heavy (non-hydrogen) atoms. The predicted molar refractivity (Wildman–Crippen MR) is 89.6 cm³/mol. The van der Waals surface area contributed by atoms with Crippen molar-refractivity contribution >= 4 is 27.7 Å². The first-order valence-corrected chi connectivity index (χ1v) is 7.39. The molecule has 0 aliphatic carbocycles. The molecule has 7 heteroatoms. The molecule has 0 aliphatic rings. The zero-order chi connectivity index (χ0) is 16.1. The van der Waals surface area contributed by atoms with Gasteiger partial charge in [-0.1, -0.05) is 24.3 Å². The Bertz CT molecular complexity index is 1290. The molecule has 0 radical (unpaired) electrons. The summed E-state index contributed by atoms with van der Waals surface area (Å²) in [7, 11) is 0. The molecule has 0 atom stereocenters. The molecule has 5 aromatic rings. The molecule has 0 bridgehead atoms. The third-order valence-corrected chi connectivity index (χ3v) is 3.97. The molecule has 1 N–H and O–H groups in total. The van der Waals surface area contributed by atoms with Crippen LogP contribution in [0.5, 0.6) is 0 Å². The van der Waals surface area contributed by atoms with E-state index in [0.29, 0.717) is 17.0 Å². The van der Waals surface area contributed by atoms with Crippen molar-refractivity contribution in [1.29, 1.82) is 0 Å². The van der Waals surface area contributed by atoms with Crippen molar-refractivity contribution in [3.05, 3.63) is 65.2 Å². The Morgan fingerprint density at radius 1 is 0.958 bits per heavy atom. The first kappa shape index (κ1) is 12.9. The van der Waals surface area contributed by atoms with E-state index in [0.717, 1.165) is 16.3 Å². The molecule has 1 aromatic carbocycles. The van der Waals surface area contributed by atoms with Gasteiger partial charge < -0.3 is 0 Å². The van der Waals surface area contributed by atoms with E-state index in [-0.39, 0.29) is 11.5 Å². The average molecular weight is 314 g/mol. The summed E-state index contributed by atoms with van der Waals surface area (Å²) in [6, 6.07) is 15.4. The van der Waals surface area contributed by atoms with Gasteiger partial charge in [0.2, 0.25) is 0 Å². The van der Waals surface area contributed by atoms with Crippen molar-refractivity contribution in [2.45, 2.75) is 0 Å². The van der Waals surface area contributed by atoms with Gasteiger partial charge in [0, 0.05) is 17.0 Å². The Morgan fingerprint density at radius 3 is 2.83 bits per heavy atom. The van der Waals surface area contributed by atoms with E-state index in [2.05, 4.69) is 20.2 Å². The van der Waals surface area contributed by atoms with Crippen LogP contribution >= 0.6 is 0 Å². The monoisotopic (exact) mass is 314 g/mol. The molecule has 0 aliphatic heterocycles. The van der Waals surface area contributed by atoms with Gasteiger partial charge in [-0.3, -0.25) is 0 Å².